The van der Waals surface area contributed by atoms with Gasteiger partial charge in [0.2, 0.25) is 0 Å². The minimum Gasteiger partial charge on any atom is -0.507 e. The first-order valence-corrected chi connectivity index (χ1v) is 5.49. The molecule has 0 fully saturated rings. The SMILES string of the molecule is NC(=O)c1cc(-c2cccc(O)c2Cl)ccc1O. The molecule has 0 aliphatic rings. The van der Waals surface area contributed by atoms with Crippen LogP contribution in [0, 0.1) is 0 Å². The van der Waals surface area contributed by atoms with E-state index in [1.807, 2.05) is 0 Å². The standard InChI is InChI=1S/C13H10ClNO3/c14-12-8(2-1-3-11(12)17)7-4-5-10(16)9(6-7)13(15)18/h1-6,16-17H,(H2,15,18). The number of rotatable bonds is 2. The third kappa shape index (κ3) is 2.10. The smallest absolute Gasteiger partial charge is 0.252 e. The summed E-state index contributed by atoms with van der Waals surface area (Å²) >= 11 is 5.97. The second kappa shape index (κ2) is 4.58. The van der Waals surface area contributed by atoms with Gasteiger partial charge in [-0.25, -0.2) is 0 Å². The summed E-state index contributed by atoms with van der Waals surface area (Å²) in [5, 5.41) is 19.2. The third-order valence-electron chi connectivity index (χ3n) is 2.55. The van der Waals surface area contributed by atoms with Crippen molar-refractivity contribution in [3.8, 4) is 22.6 Å². The van der Waals surface area contributed by atoms with Gasteiger partial charge in [-0.1, -0.05) is 29.8 Å². The first-order chi connectivity index (χ1) is 8.50. The number of aromatic hydroxyl groups is 2. The zero-order valence-corrected chi connectivity index (χ0v) is 9.98. The molecule has 92 valence electrons. The van der Waals surface area contributed by atoms with Gasteiger partial charge in [0, 0.05) is 5.56 Å². The van der Waals surface area contributed by atoms with Gasteiger partial charge in [0.25, 0.3) is 5.91 Å². The Balaban J connectivity index is 2.62. The maximum atomic E-state index is 11.1. The highest BCUT2D eigenvalue weighted by Gasteiger charge is 2.12. The second-order valence-electron chi connectivity index (χ2n) is 3.73. The summed E-state index contributed by atoms with van der Waals surface area (Å²) in [6.45, 7) is 0. The van der Waals surface area contributed by atoms with E-state index in [9.17, 15) is 15.0 Å². The van der Waals surface area contributed by atoms with Crippen molar-refractivity contribution < 1.29 is 15.0 Å². The Bertz CT molecular complexity index is 626. The van der Waals surface area contributed by atoms with Gasteiger partial charge >= 0.3 is 0 Å². The molecule has 0 spiro atoms. The number of halogens is 1. The van der Waals surface area contributed by atoms with Crippen molar-refractivity contribution in [1.29, 1.82) is 0 Å². The number of hydrogen-bond acceptors (Lipinski definition) is 3. The average molecular weight is 264 g/mol. The molecule has 5 heteroatoms. The van der Waals surface area contributed by atoms with Crippen LogP contribution in [0.25, 0.3) is 11.1 Å². The highest BCUT2D eigenvalue weighted by Crippen LogP contribution is 2.35. The van der Waals surface area contributed by atoms with E-state index >= 15 is 0 Å². The highest BCUT2D eigenvalue weighted by atomic mass is 35.5. The van der Waals surface area contributed by atoms with Crippen molar-refractivity contribution >= 4 is 17.5 Å². The van der Waals surface area contributed by atoms with Crippen LogP contribution in [0.1, 0.15) is 10.4 Å². The largest absolute Gasteiger partial charge is 0.507 e. The van der Waals surface area contributed by atoms with Crippen molar-refractivity contribution in [3.63, 3.8) is 0 Å². The molecule has 4 N–H and O–H groups in total. The van der Waals surface area contributed by atoms with E-state index < -0.39 is 5.91 Å². The molecule has 0 aromatic heterocycles. The van der Waals surface area contributed by atoms with Gasteiger partial charge in [-0.05, 0) is 23.8 Å². The van der Waals surface area contributed by atoms with Crippen molar-refractivity contribution in [2.75, 3.05) is 0 Å². The van der Waals surface area contributed by atoms with Crippen molar-refractivity contribution in [1.82, 2.24) is 0 Å². The fraction of sp³-hybridized carbons (Fsp3) is 0. The van der Waals surface area contributed by atoms with E-state index in [0.717, 1.165) is 0 Å². The molecule has 0 atom stereocenters. The Hall–Kier alpha value is -2.20. The molecule has 2 aromatic carbocycles. The summed E-state index contributed by atoms with van der Waals surface area (Å²) < 4.78 is 0. The van der Waals surface area contributed by atoms with E-state index in [4.69, 9.17) is 17.3 Å². The van der Waals surface area contributed by atoms with Crippen molar-refractivity contribution in [3.05, 3.63) is 47.0 Å². The zero-order chi connectivity index (χ0) is 13.3. The number of phenols is 2. The Kier molecular flexibility index (Phi) is 3.12. The van der Waals surface area contributed by atoms with Gasteiger partial charge in [0.15, 0.2) is 0 Å². The van der Waals surface area contributed by atoms with Crippen LogP contribution in [0.2, 0.25) is 5.02 Å². The minimum atomic E-state index is -0.731. The molecule has 0 heterocycles. The Labute approximate surface area is 108 Å². The molecule has 1 amide bonds. The summed E-state index contributed by atoms with van der Waals surface area (Å²) in [6, 6.07) is 9.16. The number of benzene rings is 2. The van der Waals surface area contributed by atoms with Gasteiger partial charge in [-0.2, -0.15) is 0 Å². The first-order valence-electron chi connectivity index (χ1n) is 5.11. The molecule has 2 rings (SSSR count). The summed E-state index contributed by atoms with van der Waals surface area (Å²) in [6.07, 6.45) is 0. The van der Waals surface area contributed by atoms with Gasteiger partial charge in [0.1, 0.15) is 11.5 Å². The van der Waals surface area contributed by atoms with Crippen molar-refractivity contribution in [2.45, 2.75) is 0 Å². The number of hydrogen-bond donors (Lipinski definition) is 3. The van der Waals surface area contributed by atoms with E-state index in [-0.39, 0.29) is 22.1 Å². The second-order valence-corrected chi connectivity index (χ2v) is 4.11. The van der Waals surface area contributed by atoms with Crippen LogP contribution in [-0.4, -0.2) is 16.1 Å². The van der Waals surface area contributed by atoms with Gasteiger partial charge in [0.05, 0.1) is 10.6 Å². The van der Waals surface area contributed by atoms with Crippen LogP contribution >= 0.6 is 11.6 Å². The predicted molar refractivity (Wildman–Crippen MR) is 68.7 cm³/mol. The maximum absolute atomic E-state index is 11.1. The number of carbonyl (C=O) groups excluding carboxylic acids is 1. The lowest BCUT2D eigenvalue weighted by Crippen LogP contribution is -2.11. The normalized spacial score (nSPS) is 10.3. The molecule has 0 unspecified atom stereocenters. The van der Waals surface area contributed by atoms with Gasteiger partial charge < -0.3 is 15.9 Å². The van der Waals surface area contributed by atoms with Crippen LogP contribution < -0.4 is 5.73 Å². The first kappa shape index (κ1) is 12.3. The fourth-order valence-electron chi connectivity index (χ4n) is 1.64. The predicted octanol–water partition coefficient (Wildman–Crippen LogP) is 2.52. The summed E-state index contributed by atoms with van der Waals surface area (Å²) in [4.78, 5) is 11.1. The Morgan fingerprint density at radius 1 is 1.11 bits per heavy atom. The number of phenolic OH excluding ortho intramolecular Hbond substituents is 1. The van der Waals surface area contributed by atoms with Crippen LogP contribution in [-0.2, 0) is 0 Å². The zero-order valence-electron chi connectivity index (χ0n) is 9.22. The summed E-state index contributed by atoms with van der Waals surface area (Å²) in [7, 11) is 0. The molecular formula is C13H10ClNO3. The van der Waals surface area contributed by atoms with Crippen molar-refractivity contribution in [2.24, 2.45) is 5.73 Å². The minimum absolute atomic E-state index is 0.00640. The molecule has 0 aliphatic heterocycles. The molecule has 0 saturated carbocycles. The molecule has 4 nitrogen and oxygen atoms in total. The Morgan fingerprint density at radius 3 is 2.50 bits per heavy atom. The van der Waals surface area contributed by atoms with E-state index in [0.29, 0.717) is 11.1 Å². The molecule has 2 aromatic rings. The summed E-state index contributed by atoms with van der Waals surface area (Å²) in [5.41, 5.74) is 6.30. The van der Waals surface area contributed by atoms with E-state index in [2.05, 4.69) is 0 Å². The average Bonchev–Trinajstić information content (AvgIpc) is 2.33. The lowest BCUT2D eigenvalue weighted by molar-refractivity contribution is 0.0998. The van der Waals surface area contributed by atoms with Crippen LogP contribution in [0.3, 0.4) is 0 Å². The van der Waals surface area contributed by atoms with Crippen LogP contribution in [0.4, 0.5) is 0 Å². The monoisotopic (exact) mass is 263 g/mol. The third-order valence-corrected chi connectivity index (χ3v) is 2.95. The number of carbonyl (C=O) groups is 1. The van der Waals surface area contributed by atoms with E-state index in [1.54, 1.807) is 18.2 Å². The highest BCUT2D eigenvalue weighted by molar-refractivity contribution is 6.34. The maximum Gasteiger partial charge on any atom is 0.252 e. The van der Waals surface area contributed by atoms with Gasteiger partial charge in [-0.3, -0.25) is 4.79 Å². The fourth-order valence-corrected chi connectivity index (χ4v) is 1.88. The van der Waals surface area contributed by atoms with Crippen LogP contribution in [0.15, 0.2) is 36.4 Å². The number of primary amides is 1. The van der Waals surface area contributed by atoms with Gasteiger partial charge in [-0.15, -0.1) is 0 Å². The molecule has 0 bridgehead atoms. The lowest BCUT2D eigenvalue weighted by Gasteiger charge is -2.08. The number of amides is 1. The number of nitrogens with two attached hydrogens (primary N) is 1. The summed E-state index contributed by atoms with van der Waals surface area (Å²) in [5.74, 6) is -0.976. The van der Waals surface area contributed by atoms with E-state index in [1.165, 1.54) is 18.2 Å². The molecule has 0 saturated heterocycles. The topological polar surface area (TPSA) is 83.6 Å². The Morgan fingerprint density at radius 2 is 1.83 bits per heavy atom. The quantitative estimate of drug-likeness (QED) is 0.778. The molecular weight excluding hydrogens is 254 g/mol. The molecule has 0 aliphatic carbocycles. The lowest BCUT2D eigenvalue weighted by atomic mass is 10.0. The van der Waals surface area contributed by atoms with Crippen LogP contribution in [0.5, 0.6) is 11.5 Å². The molecule has 18 heavy (non-hydrogen) atoms. The molecule has 0 radical (unpaired) electrons.